The van der Waals surface area contributed by atoms with Crippen molar-refractivity contribution in [3.8, 4) is 0 Å². The standard InChI is InChI=1S/C44H72O18/c1-18-5-10-44(56-16-18)19(2)30-27(62-44)13-23-21-12-26(24-11-20(47)6-8-42(24,3)22(21)7-9-43(23,30)4)57-41-38(61-39-35(53)31(49)25(48)17-55-39)37(33(51)29(15-46)59-41)60-40-36(54)34(52)32(50)28(14-45)58-40/h18-41,45-54H,5-17H2,1-4H3/t18-,19+,20+,21-,22+,23+,24-,25-,26+,27+,28-,29-,30+,31+,32-,33-,34+,35-,36-,37+,38-,39+,40+,41-,42-,43+,44-/m1/s1. The number of hydrogen-bond donors (Lipinski definition) is 10. The molecule has 9 aliphatic rings. The molecule has 0 aromatic heterocycles. The number of aliphatic hydroxyl groups is 10. The van der Waals surface area contributed by atoms with E-state index in [0.717, 1.165) is 38.5 Å². The van der Waals surface area contributed by atoms with Crippen molar-refractivity contribution < 1.29 is 89.0 Å². The van der Waals surface area contributed by atoms with Crippen LogP contribution in [0.15, 0.2) is 0 Å². The lowest BCUT2D eigenvalue weighted by atomic mass is 9.43. The Morgan fingerprint density at radius 1 is 0.597 bits per heavy atom. The molecule has 9 fully saturated rings. The van der Waals surface area contributed by atoms with Crippen molar-refractivity contribution in [1.82, 2.24) is 0 Å². The van der Waals surface area contributed by atoms with Crippen molar-refractivity contribution in [2.45, 2.75) is 196 Å². The highest BCUT2D eigenvalue weighted by Crippen LogP contribution is 2.71. The topological polar surface area (TPSA) is 276 Å². The summed E-state index contributed by atoms with van der Waals surface area (Å²) in [4.78, 5) is 0. The van der Waals surface area contributed by atoms with E-state index in [2.05, 4.69) is 27.7 Å². The van der Waals surface area contributed by atoms with Gasteiger partial charge in [0.05, 0.1) is 44.7 Å². The molecule has 0 radical (unpaired) electrons. The van der Waals surface area contributed by atoms with Crippen LogP contribution >= 0.6 is 0 Å². The van der Waals surface area contributed by atoms with Gasteiger partial charge in [0.25, 0.3) is 0 Å². The second kappa shape index (κ2) is 17.4. The first-order valence-corrected chi connectivity index (χ1v) is 23.3. The number of hydrogen-bond acceptors (Lipinski definition) is 18. The molecule has 5 saturated heterocycles. The Morgan fingerprint density at radius 3 is 1.98 bits per heavy atom. The Morgan fingerprint density at radius 2 is 1.27 bits per heavy atom. The summed E-state index contributed by atoms with van der Waals surface area (Å²) in [5.74, 6) is 1.22. The summed E-state index contributed by atoms with van der Waals surface area (Å²) < 4.78 is 50.9. The lowest BCUT2D eigenvalue weighted by Gasteiger charge is -2.63. The van der Waals surface area contributed by atoms with Crippen LogP contribution in [-0.4, -0.2) is 188 Å². The largest absolute Gasteiger partial charge is 0.394 e. The third-order valence-corrected chi connectivity index (χ3v) is 17.9. The van der Waals surface area contributed by atoms with E-state index in [1.54, 1.807) is 0 Å². The number of rotatable bonds is 8. The minimum Gasteiger partial charge on any atom is -0.394 e. The van der Waals surface area contributed by atoms with E-state index in [-0.39, 0.29) is 34.7 Å². The molecule has 0 unspecified atom stereocenters. The van der Waals surface area contributed by atoms with Gasteiger partial charge in [-0.15, -0.1) is 0 Å². The van der Waals surface area contributed by atoms with Crippen molar-refractivity contribution >= 4 is 0 Å². The first-order chi connectivity index (χ1) is 29.4. The van der Waals surface area contributed by atoms with Gasteiger partial charge in [-0.3, -0.25) is 0 Å². The summed E-state index contributed by atoms with van der Waals surface area (Å²) in [7, 11) is 0. The Balaban J connectivity index is 1.04. The van der Waals surface area contributed by atoms with Crippen LogP contribution in [0.4, 0.5) is 0 Å². The van der Waals surface area contributed by atoms with Crippen molar-refractivity contribution in [3.63, 3.8) is 0 Å². The molecule has 18 heteroatoms. The molecule has 9 rings (SSSR count). The maximum Gasteiger partial charge on any atom is 0.187 e. The molecular weight excluding hydrogens is 816 g/mol. The van der Waals surface area contributed by atoms with Crippen LogP contribution in [0.5, 0.6) is 0 Å². The van der Waals surface area contributed by atoms with Gasteiger partial charge in [-0.05, 0) is 97.7 Å². The van der Waals surface area contributed by atoms with E-state index in [1.807, 2.05) is 0 Å². The van der Waals surface area contributed by atoms with E-state index in [9.17, 15) is 51.1 Å². The van der Waals surface area contributed by atoms with Crippen LogP contribution in [0, 0.1) is 52.3 Å². The van der Waals surface area contributed by atoms with Gasteiger partial charge in [-0.25, -0.2) is 0 Å². The molecular formula is C44H72O18. The van der Waals surface area contributed by atoms with Crippen molar-refractivity contribution in [3.05, 3.63) is 0 Å². The average Bonchev–Trinajstić information content (AvgIpc) is 3.70. The first-order valence-electron chi connectivity index (χ1n) is 23.3. The van der Waals surface area contributed by atoms with E-state index in [0.29, 0.717) is 49.5 Å². The smallest absolute Gasteiger partial charge is 0.187 e. The van der Waals surface area contributed by atoms with Gasteiger partial charge in [0, 0.05) is 12.3 Å². The van der Waals surface area contributed by atoms with Gasteiger partial charge < -0.3 is 89.0 Å². The normalized spacial score (nSPS) is 58.9. The van der Waals surface area contributed by atoms with Crippen LogP contribution in [0.2, 0.25) is 0 Å². The minimum atomic E-state index is -1.87. The Bertz CT molecular complexity index is 1550. The second-order valence-corrected chi connectivity index (χ2v) is 21.2. The van der Waals surface area contributed by atoms with E-state index >= 15 is 0 Å². The molecule has 0 aromatic carbocycles. The summed E-state index contributed by atoms with van der Waals surface area (Å²) in [5.41, 5.74) is -0.259. The van der Waals surface area contributed by atoms with Gasteiger partial charge in [0.15, 0.2) is 24.7 Å². The molecule has 356 valence electrons. The Kier molecular flexibility index (Phi) is 13.0. The molecule has 62 heavy (non-hydrogen) atoms. The number of fused-ring (bicyclic) bond motifs is 7. The third kappa shape index (κ3) is 7.55. The Hall–Kier alpha value is -0.720. The Labute approximate surface area is 362 Å². The van der Waals surface area contributed by atoms with Crippen molar-refractivity contribution in [2.24, 2.45) is 52.3 Å². The van der Waals surface area contributed by atoms with Crippen LogP contribution in [0.3, 0.4) is 0 Å². The molecule has 4 aliphatic carbocycles. The van der Waals surface area contributed by atoms with Crippen molar-refractivity contribution in [1.29, 1.82) is 0 Å². The zero-order valence-electron chi connectivity index (χ0n) is 36.3. The molecule has 5 heterocycles. The molecule has 0 aromatic rings. The fraction of sp³-hybridized carbons (Fsp3) is 1.00. The second-order valence-electron chi connectivity index (χ2n) is 21.2. The van der Waals surface area contributed by atoms with Crippen LogP contribution < -0.4 is 0 Å². The van der Waals surface area contributed by atoms with E-state index < -0.39 is 124 Å². The summed E-state index contributed by atoms with van der Waals surface area (Å²) in [6, 6.07) is 0. The summed E-state index contributed by atoms with van der Waals surface area (Å²) in [5, 5.41) is 107. The fourth-order valence-corrected chi connectivity index (χ4v) is 14.4. The van der Waals surface area contributed by atoms with Crippen molar-refractivity contribution in [2.75, 3.05) is 26.4 Å². The van der Waals surface area contributed by atoms with E-state index in [1.165, 1.54) is 0 Å². The van der Waals surface area contributed by atoms with Gasteiger partial charge >= 0.3 is 0 Å². The molecule has 1 spiro atoms. The first kappa shape index (κ1) is 46.4. The molecule has 0 amide bonds. The maximum absolute atomic E-state index is 11.7. The van der Waals surface area contributed by atoms with Gasteiger partial charge in [-0.1, -0.05) is 27.7 Å². The molecule has 10 N–H and O–H groups in total. The van der Waals surface area contributed by atoms with Crippen LogP contribution in [-0.2, 0) is 37.9 Å². The lowest BCUT2D eigenvalue weighted by molar-refractivity contribution is -0.394. The molecule has 5 aliphatic heterocycles. The molecule has 4 saturated carbocycles. The minimum absolute atomic E-state index is 0.0215. The lowest BCUT2D eigenvalue weighted by Crippen LogP contribution is -2.67. The van der Waals surface area contributed by atoms with E-state index in [4.69, 9.17) is 37.9 Å². The average molecular weight is 889 g/mol. The fourth-order valence-electron chi connectivity index (χ4n) is 14.4. The summed E-state index contributed by atoms with van der Waals surface area (Å²) in [6.07, 6.45) is -16.2. The molecule has 0 bridgehead atoms. The highest BCUT2D eigenvalue weighted by atomic mass is 16.8. The van der Waals surface area contributed by atoms with Crippen LogP contribution in [0.25, 0.3) is 0 Å². The van der Waals surface area contributed by atoms with Gasteiger partial charge in [0.1, 0.15) is 67.1 Å². The number of aliphatic hydroxyl groups excluding tert-OH is 10. The van der Waals surface area contributed by atoms with Gasteiger partial charge in [-0.2, -0.15) is 0 Å². The highest BCUT2D eigenvalue weighted by molar-refractivity contribution is 5.16. The SMILES string of the molecule is C[C@@H]1CC[C@@]2(OC1)O[C@H]1C[C@H]3[C@@H]4C[C@H](O[C@@H]5O[C@H](CO)[C@@H](O)[C@H](O[C@@H]6O[C@H](CO)[C@@H](O)[C@H](O)[C@H]6O)[C@H]5O[C@@H]5OC[C@@H](O)[C@H](O)[C@H]5O)[C@H]5C[C@@H](O)CC[C@]5(C)[C@H]4CC[C@]3(C)[C@H]1[C@@H]2C. The zero-order valence-corrected chi connectivity index (χ0v) is 36.3. The predicted molar refractivity (Wildman–Crippen MR) is 211 cm³/mol. The quantitative estimate of drug-likeness (QED) is 0.129. The monoisotopic (exact) mass is 888 g/mol. The van der Waals surface area contributed by atoms with Gasteiger partial charge in [0.2, 0.25) is 0 Å². The van der Waals surface area contributed by atoms with Crippen LogP contribution in [0.1, 0.15) is 85.5 Å². The predicted octanol–water partition coefficient (Wildman–Crippen LogP) is -1.12. The number of ether oxygens (including phenoxy) is 8. The maximum atomic E-state index is 11.7. The molecule has 18 nitrogen and oxygen atoms in total. The summed E-state index contributed by atoms with van der Waals surface area (Å²) in [6.45, 7) is 8.13. The summed E-state index contributed by atoms with van der Waals surface area (Å²) >= 11 is 0. The molecule has 27 atom stereocenters. The highest BCUT2D eigenvalue weighted by Gasteiger charge is 2.70. The third-order valence-electron chi connectivity index (χ3n) is 17.9. The zero-order chi connectivity index (χ0) is 44.2.